The van der Waals surface area contributed by atoms with E-state index in [2.05, 4.69) is 0 Å². The molecule has 19 heteroatoms. The third-order valence-corrected chi connectivity index (χ3v) is 14.1. The van der Waals surface area contributed by atoms with E-state index in [9.17, 15) is 19.2 Å². The Morgan fingerprint density at radius 1 is 0.394 bits per heavy atom. The maximum Gasteiger partial charge on any atom is 0.303 e. The molecule has 71 heavy (non-hydrogen) atoms. The van der Waals surface area contributed by atoms with Crippen molar-refractivity contribution < 1.29 is 80.8 Å². The van der Waals surface area contributed by atoms with Gasteiger partial charge in [-0.2, -0.15) is 0 Å². The monoisotopic (exact) mass is 1020 g/mol. The zero-order valence-electron chi connectivity index (χ0n) is 41.0. The molecule has 17 nitrogen and oxygen atoms in total. The summed E-state index contributed by atoms with van der Waals surface area (Å²) in [6.07, 6.45) is -6.46. The first-order valence-electron chi connectivity index (χ1n) is 22.8. The second-order valence-corrected chi connectivity index (χ2v) is 19.2. The molecule has 384 valence electrons. The van der Waals surface area contributed by atoms with Crippen molar-refractivity contribution in [3.05, 3.63) is 119 Å². The Morgan fingerprint density at radius 2 is 0.775 bits per heavy atom. The van der Waals surface area contributed by atoms with Gasteiger partial charge in [-0.15, -0.1) is 23.5 Å². The van der Waals surface area contributed by atoms with Crippen LogP contribution in [0.3, 0.4) is 0 Å². The molecule has 0 bridgehead atoms. The van der Waals surface area contributed by atoms with E-state index in [1.165, 1.54) is 39.5 Å². The molecule has 2 fully saturated rings. The van der Waals surface area contributed by atoms with E-state index in [4.69, 9.17) is 61.6 Å². The van der Waals surface area contributed by atoms with Crippen LogP contribution in [-0.4, -0.2) is 124 Å². The number of rotatable bonds is 24. The minimum Gasteiger partial charge on any atom is -0.497 e. The second-order valence-electron chi connectivity index (χ2n) is 16.5. The Kier molecular flexibility index (Phi) is 21.1. The number of methoxy groups -OCH3 is 4. The van der Waals surface area contributed by atoms with Gasteiger partial charge < -0.3 is 61.6 Å². The highest BCUT2D eigenvalue weighted by atomic mass is 32.2. The van der Waals surface area contributed by atoms with E-state index in [-0.39, 0.29) is 39.6 Å². The van der Waals surface area contributed by atoms with Crippen LogP contribution in [0, 0.1) is 0 Å². The average Bonchev–Trinajstić information content (AvgIpc) is 3.36. The molecule has 0 unspecified atom stereocenters. The number of esters is 4. The minimum atomic E-state index is -1.38. The van der Waals surface area contributed by atoms with Gasteiger partial charge in [0.2, 0.25) is 0 Å². The highest BCUT2D eigenvalue weighted by Gasteiger charge is 2.56. The summed E-state index contributed by atoms with van der Waals surface area (Å²) >= 11 is 2.41. The molecule has 10 atom stereocenters. The summed E-state index contributed by atoms with van der Waals surface area (Å²) in [6.45, 7) is 5.32. The van der Waals surface area contributed by atoms with E-state index < -0.39 is 81.9 Å². The first-order chi connectivity index (χ1) is 34.3. The summed E-state index contributed by atoms with van der Waals surface area (Å²) in [5.41, 5.74) is 1.25. The normalized spacial score (nSPS) is 23.9. The Balaban J connectivity index is 1.46. The molecule has 0 aromatic heterocycles. The molecule has 0 N–H and O–H groups in total. The predicted molar refractivity (Wildman–Crippen MR) is 262 cm³/mol. The number of ether oxygens (including phenoxy) is 13. The van der Waals surface area contributed by atoms with Gasteiger partial charge in [0.05, 0.1) is 72.0 Å². The van der Waals surface area contributed by atoms with Crippen molar-refractivity contribution in [2.75, 3.05) is 41.7 Å². The fraction of sp³-hybridized carbons (Fsp3) is 0.462. The number of carbonyl (C=O) groups is 4. The van der Waals surface area contributed by atoms with Crippen LogP contribution >= 0.6 is 23.5 Å². The third-order valence-electron chi connectivity index (χ3n) is 11.3. The molecular weight excluding hydrogens is 961 g/mol. The first-order valence-corrected chi connectivity index (χ1v) is 24.7. The molecule has 2 aliphatic heterocycles. The van der Waals surface area contributed by atoms with E-state index in [1.54, 1.807) is 28.4 Å². The van der Waals surface area contributed by atoms with Crippen LogP contribution in [0.25, 0.3) is 0 Å². The van der Waals surface area contributed by atoms with Crippen molar-refractivity contribution in [3.63, 3.8) is 0 Å². The van der Waals surface area contributed by atoms with Crippen molar-refractivity contribution >= 4 is 47.4 Å². The smallest absolute Gasteiger partial charge is 0.303 e. The fourth-order valence-corrected chi connectivity index (χ4v) is 10.8. The van der Waals surface area contributed by atoms with E-state index in [1.807, 2.05) is 97.1 Å². The maximum atomic E-state index is 13.0. The minimum absolute atomic E-state index is 0.0789. The highest BCUT2D eigenvalue weighted by Crippen LogP contribution is 2.45. The molecule has 0 saturated carbocycles. The van der Waals surface area contributed by atoms with Gasteiger partial charge in [0, 0.05) is 27.7 Å². The summed E-state index contributed by atoms with van der Waals surface area (Å²) in [6, 6.07) is 30.0. The molecule has 0 amide bonds. The first kappa shape index (κ1) is 54.8. The van der Waals surface area contributed by atoms with Gasteiger partial charge in [0.1, 0.15) is 59.5 Å². The van der Waals surface area contributed by atoms with Gasteiger partial charge in [-0.05, 0) is 70.8 Å². The van der Waals surface area contributed by atoms with Crippen LogP contribution in [-0.2, 0) is 88.2 Å². The lowest BCUT2D eigenvalue weighted by Crippen LogP contribution is -2.63. The molecular formula is C52H62O17S2. The van der Waals surface area contributed by atoms with Gasteiger partial charge in [-0.1, -0.05) is 48.5 Å². The number of hydrogen-bond acceptors (Lipinski definition) is 19. The summed E-state index contributed by atoms with van der Waals surface area (Å²) < 4.78 is 79.3. The zero-order valence-corrected chi connectivity index (χ0v) is 42.6. The topological polar surface area (TPSA) is 188 Å². The molecule has 0 aliphatic carbocycles. The van der Waals surface area contributed by atoms with Crippen LogP contribution in [0.1, 0.15) is 49.9 Å². The highest BCUT2D eigenvalue weighted by molar-refractivity contribution is 8.00. The van der Waals surface area contributed by atoms with E-state index in [0.29, 0.717) is 23.0 Å². The standard InChI is InChI=1S/C52H62O17S2/c1-31(53)62-30-44-46(48(66-32(2)54)50(67-33(3)55)52(71-44)68-34(4)56)69-51-49(65-28-38-15-23-42(60-8)24-16-38)47(64-27-37-13-21-41(59-7)22-14-37)45(63-26-36-11-19-40(58-6)20-12-36)43(70-51)29-61-25-35-9-17-39(57-5)18-10-35/h9-24,43-52H,25-30H2,1-8H3/t43-,44-,45-,46-,47+,48+,49-,50-,51+,52+/m1/s1. The maximum absolute atomic E-state index is 13.0. The number of carbonyl (C=O) groups excluding carboxylic acids is 4. The van der Waals surface area contributed by atoms with Crippen molar-refractivity contribution in [1.29, 1.82) is 0 Å². The second kappa shape index (κ2) is 27.3. The summed E-state index contributed by atoms with van der Waals surface area (Å²) in [4.78, 5) is 50.7. The van der Waals surface area contributed by atoms with Gasteiger partial charge in [-0.3, -0.25) is 19.2 Å². The van der Waals surface area contributed by atoms with Crippen LogP contribution in [0.15, 0.2) is 97.1 Å². The van der Waals surface area contributed by atoms with Crippen LogP contribution < -0.4 is 18.9 Å². The molecule has 6 rings (SSSR count). The number of thioether (sulfide) groups is 2. The van der Waals surface area contributed by atoms with Crippen molar-refractivity contribution in [3.8, 4) is 23.0 Å². The van der Waals surface area contributed by atoms with Crippen LogP contribution in [0.2, 0.25) is 0 Å². The molecule has 4 aromatic rings. The molecule has 2 heterocycles. The SMILES string of the molecule is COc1ccc(COC[C@H]2S[C@H](O[C@H]3[C@H](OC(C)=O)[C@@H](OC(C)=O)[C@@H](OC(C)=O)S[C@@H]3COC(C)=O)[C@H](OCc3ccc(OC)cc3)[C@@H](OCc3ccc(OC)cc3)[C@@H]2OCc2ccc(OC)cc2)cc1. The Labute approximate surface area is 422 Å². The summed E-state index contributed by atoms with van der Waals surface area (Å²) in [7, 11) is 6.38. The van der Waals surface area contributed by atoms with Gasteiger partial charge in [0.15, 0.2) is 17.6 Å². The van der Waals surface area contributed by atoms with Gasteiger partial charge >= 0.3 is 23.9 Å². The van der Waals surface area contributed by atoms with Crippen molar-refractivity contribution in [2.45, 2.75) is 112 Å². The summed E-state index contributed by atoms with van der Waals surface area (Å²) in [5, 5.41) is -1.37. The largest absolute Gasteiger partial charge is 0.497 e. The lowest BCUT2D eigenvalue weighted by Gasteiger charge is -2.49. The zero-order chi connectivity index (χ0) is 50.9. The van der Waals surface area contributed by atoms with Crippen LogP contribution in [0.5, 0.6) is 23.0 Å². The van der Waals surface area contributed by atoms with Crippen molar-refractivity contribution in [2.24, 2.45) is 0 Å². The number of benzene rings is 4. The van der Waals surface area contributed by atoms with Crippen molar-refractivity contribution in [1.82, 2.24) is 0 Å². The lowest BCUT2D eigenvalue weighted by molar-refractivity contribution is -0.213. The number of hydrogen-bond donors (Lipinski definition) is 0. The molecule has 2 aliphatic rings. The van der Waals surface area contributed by atoms with Crippen LogP contribution in [0.4, 0.5) is 0 Å². The van der Waals surface area contributed by atoms with Gasteiger partial charge in [-0.25, -0.2) is 0 Å². The fourth-order valence-electron chi connectivity index (χ4n) is 7.88. The predicted octanol–water partition coefficient (Wildman–Crippen LogP) is 7.25. The Hall–Kier alpha value is -5.54. The Morgan fingerprint density at radius 3 is 1.20 bits per heavy atom. The summed E-state index contributed by atoms with van der Waals surface area (Å²) in [5.74, 6) is -0.0134. The average molecular weight is 1020 g/mol. The Bertz CT molecular complexity index is 2300. The third kappa shape index (κ3) is 16.2. The molecule has 2 saturated heterocycles. The molecule has 0 radical (unpaired) electrons. The van der Waals surface area contributed by atoms with E-state index >= 15 is 0 Å². The quantitative estimate of drug-likeness (QED) is 0.0504. The van der Waals surface area contributed by atoms with Gasteiger partial charge in [0.25, 0.3) is 0 Å². The van der Waals surface area contributed by atoms with E-state index in [0.717, 1.165) is 34.0 Å². The lowest BCUT2D eigenvalue weighted by atomic mass is 10.0. The molecule has 4 aromatic carbocycles. The molecule has 0 spiro atoms.